The average Bonchev–Trinajstić information content (AvgIpc) is 3.13. The fourth-order valence-electron chi connectivity index (χ4n) is 8.57. The van der Waals surface area contributed by atoms with E-state index in [-0.39, 0.29) is 22.6 Å². The minimum atomic E-state index is 0.0791. The van der Waals surface area contributed by atoms with Gasteiger partial charge in [-0.1, -0.05) is 32.9 Å². The molecule has 3 fully saturated rings. The lowest BCUT2D eigenvalue weighted by Gasteiger charge is -2.60. The van der Waals surface area contributed by atoms with Crippen LogP contribution in [0.1, 0.15) is 77.0 Å². The van der Waals surface area contributed by atoms with Crippen LogP contribution in [0.3, 0.4) is 0 Å². The first-order valence-corrected chi connectivity index (χ1v) is 13.4. The summed E-state index contributed by atoms with van der Waals surface area (Å²) in [6.07, 6.45) is 12.6. The number of aromatic nitrogens is 1. The van der Waals surface area contributed by atoms with E-state index in [9.17, 15) is 9.59 Å². The number of hydrogen-bond donors (Lipinski definition) is 1. The zero-order chi connectivity index (χ0) is 24.3. The Kier molecular flexibility index (Phi) is 5.89. The largest absolute Gasteiger partial charge is 0.338 e. The molecule has 0 unspecified atom stereocenters. The number of fused-ring (bicyclic) bond motifs is 5. The number of hydrogen-bond acceptors (Lipinski definition) is 3. The number of carbonyl (C=O) groups excluding carboxylic acids is 2. The highest BCUT2D eigenvalue weighted by Crippen LogP contribution is 2.65. The third kappa shape index (κ3) is 3.61. The Bertz CT molecular complexity index is 1020. The predicted octanol–water partition coefficient (Wildman–Crippen LogP) is 5.54. The zero-order valence-electron chi connectivity index (χ0n) is 21.6. The second kappa shape index (κ2) is 8.49. The molecule has 1 aromatic rings. The Morgan fingerprint density at radius 1 is 1.15 bits per heavy atom. The van der Waals surface area contributed by atoms with Gasteiger partial charge in [0.25, 0.3) is 0 Å². The molecule has 1 aliphatic heterocycles. The van der Waals surface area contributed by atoms with Gasteiger partial charge in [0.15, 0.2) is 0 Å². The van der Waals surface area contributed by atoms with Crippen molar-refractivity contribution in [3.05, 3.63) is 35.5 Å². The minimum absolute atomic E-state index is 0.0791. The van der Waals surface area contributed by atoms with Crippen molar-refractivity contribution in [1.29, 1.82) is 0 Å². The van der Waals surface area contributed by atoms with E-state index in [0.29, 0.717) is 36.1 Å². The highest BCUT2D eigenvalue weighted by atomic mass is 16.2. The van der Waals surface area contributed by atoms with Crippen molar-refractivity contribution in [2.24, 2.45) is 34.5 Å². The molecule has 7 atom stereocenters. The van der Waals surface area contributed by atoms with Crippen LogP contribution in [-0.4, -0.2) is 34.8 Å². The molecule has 184 valence electrons. The quantitative estimate of drug-likeness (QED) is 0.638. The molecule has 0 bridgehead atoms. The Morgan fingerprint density at radius 2 is 1.94 bits per heavy atom. The molecule has 2 amide bonds. The number of likely N-dealkylation sites (N-methyl/N-ethyl adjacent to an activating group) is 1. The second-order valence-corrected chi connectivity index (χ2v) is 12.0. The van der Waals surface area contributed by atoms with Crippen molar-refractivity contribution in [3.63, 3.8) is 0 Å². The van der Waals surface area contributed by atoms with E-state index in [1.165, 1.54) is 25.7 Å². The van der Waals surface area contributed by atoms with Gasteiger partial charge < -0.3 is 10.2 Å². The van der Waals surface area contributed by atoms with Gasteiger partial charge in [-0.3, -0.25) is 9.59 Å². The Morgan fingerprint density at radius 3 is 2.71 bits per heavy atom. The zero-order valence-corrected chi connectivity index (χ0v) is 21.6. The highest BCUT2D eigenvalue weighted by Gasteiger charge is 2.60. The number of amides is 2. The van der Waals surface area contributed by atoms with Crippen LogP contribution < -0.4 is 5.32 Å². The van der Waals surface area contributed by atoms with Gasteiger partial charge >= 0.3 is 0 Å². The number of nitrogens with zero attached hydrogens (tertiary/aromatic N) is 2. The molecular weight excluding hydrogens is 422 g/mol. The number of aryl methyl sites for hydroxylation is 2. The van der Waals surface area contributed by atoms with Crippen LogP contribution in [0.2, 0.25) is 0 Å². The first kappa shape index (κ1) is 23.6. The maximum absolute atomic E-state index is 13.2. The molecule has 34 heavy (non-hydrogen) atoms. The van der Waals surface area contributed by atoms with Crippen LogP contribution in [0.5, 0.6) is 0 Å². The fraction of sp³-hybridized carbons (Fsp3) is 0.690. The maximum atomic E-state index is 13.2. The normalized spacial score (nSPS) is 38.8. The molecule has 2 heterocycles. The Labute approximate surface area is 204 Å². The van der Waals surface area contributed by atoms with E-state index >= 15 is 0 Å². The van der Waals surface area contributed by atoms with Crippen molar-refractivity contribution in [1.82, 2.24) is 9.88 Å². The number of carbonyl (C=O) groups is 2. The molecule has 0 saturated heterocycles. The first-order valence-electron chi connectivity index (χ1n) is 13.4. The fourth-order valence-corrected chi connectivity index (χ4v) is 8.57. The summed E-state index contributed by atoms with van der Waals surface area (Å²) >= 11 is 0. The number of pyridine rings is 1. The number of rotatable bonds is 4. The van der Waals surface area contributed by atoms with E-state index in [1.807, 2.05) is 31.0 Å². The minimum Gasteiger partial charge on any atom is -0.338 e. The maximum Gasteiger partial charge on any atom is 0.246 e. The lowest BCUT2D eigenvalue weighted by Crippen LogP contribution is -2.59. The third-order valence-corrected chi connectivity index (χ3v) is 10.5. The number of nitrogens with one attached hydrogen (secondary N) is 1. The van der Waals surface area contributed by atoms with Crippen molar-refractivity contribution in [2.45, 2.75) is 85.1 Å². The van der Waals surface area contributed by atoms with Crippen molar-refractivity contribution < 1.29 is 9.59 Å². The molecule has 5 nitrogen and oxygen atoms in total. The van der Waals surface area contributed by atoms with Gasteiger partial charge in [0.2, 0.25) is 11.8 Å². The monoisotopic (exact) mass is 463 g/mol. The average molecular weight is 464 g/mol. The van der Waals surface area contributed by atoms with E-state index in [2.05, 4.69) is 43.2 Å². The molecule has 5 heteroatoms. The van der Waals surface area contributed by atoms with E-state index in [1.54, 1.807) is 0 Å². The molecule has 3 saturated carbocycles. The Balaban J connectivity index is 1.31. The van der Waals surface area contributed by atoms with Gasteiger partial charge in [0.05, 0.1) is 0 Å². The third-order valence-electron chi connectivity index (χ3n) is 10.5. The molecular formula is C29H41N3O2. The summed E-state index contributed by atoms with van der Waals surface area (Å²) in [5.41, 5.74) is 2.35. The van der Waals surface area contributed by atoms with Gasteiger partial charge in [-0.2, -0.15) is 0 Å². The lowest BCUT2D eigenvalue weighted by atomic mass is 9.47. The smallest absolute Gasteiger partial charge is 0.246 e. The molecule has 1 N–H and O–H groups in total. The topological polar surface area (TPSA) is 62.3 Å². The van der Waals surface area contributed by atoms with Gasteiger partial charge in [-0.25, -0.2) is 4.98 Å². The van der Waals surface area contributed by atoms with Crippen LogP contribution >= 0.6 is 0 Å². The van der Waals surface area contributed by atoms with E-state index in [4.69, 9.17) is 0 Å². The first-order chi connectivity index (χ1) is 16.2. The highest BCUT2D eigenvalue weighted by molar-refractivity contribution is 5.90. The van der Waals surface area contributed by atoms with Gasteiger partial charge in [0, 0.05) is 30.6 Å². The van der Waals surface area contributed by atoms with Gasteiger partial charge in [-0.15, -0.1) is 0 Å². The van der Waals surface area contributed by atoms with Crippen molar-refractivity contribution >= 4 is 17.6 Å². The second-order valence-electron chi connectivity index (χ2n) is 12.0. The lowest BCUT2D eigenvalue weighted by molar-refractivity contribution is -0.139. The summed E-state index contributed by atoms with van der Waals surface area (Å²) in [4.78, 5) is 32.1. The number of anilines is 1. The van der Waals surface area contributed by atoms with Crippen LogP contribution in [0.25, 0.3) is 0 Å². The van der Waals surface area contributed by atoms with Gasteiger partial charge in [-0.05, 0) is 98.7 Å². The van der Waals surface area contributed by atoms with Crippen LogP contribution in [0, 0.1) is 41.4 Å². The van der Waals surface area contributed by atoms with Crippen LogP contribution in [0.4, 0.5) is 5.82 Å². The summed E-state index contributed by atoms with van der Waals surface area (Å²) in [6.45, 7) is 8.95. The summed E-state index contributed by atoms with van der Waals surface area (Å²) < 4.78 is 0. The van der Waals surface area contributed by atoms with E-state index < -0.39 is 0 Å². The molecule has 5 rings (SSSR count). The SMILES string of the molecule is CCc1ccc(C)nc1NC(=O)C[C@H]1CC[C@H]2[C@@H]3CC[C@H]4N(C)C(=O)C=C[C@]4(C)[C@H]3CC[C@]12C. The summed E-state index contributed by atoms with van der Waals surface area (Å²) in [6, 6.07) is 4.42. The molecule has 1 aromatic heterocycles. The molecule has 4 aliphatic rings. The van der Waals surface area contributed by atoms with Gasteiger partial charge in [0.1, 0.15) is 5.82 Å². The predicted molar refractivity (Wildman–Crippen MR) is 135 cm³/mol. The molecule has 3 aliphatic carbocycles. The van der Waals surface area contributed by atoms with Crippen molar-refractivity contribution in [2.75, 3.05) is 12.4 Å². The van der Waals surface area contributed by atoms with Crippen LogP contribution in [0.15, 0.2) is 24.3 Å². The molecule has 0 aromatic carbocycles. The van der Waals surface area contributed by atoms with Crippen LogP contribution in [-0.2, 0) is 16.0 Å². The van der Waals surface area contributed by atoms with Crippen molar-refractivity contribution in [3.8, 4) is 0 Å². The standard InChI is InChI=1S/C29H41N3O2/c1-6-19-8-7-18(2)30-27(19)31-25(33)17-20-9-11-22-21-10-12-24-29(4,16-14-26(34)32(24)5)23(21)13-15-28(20,22)3/h7-8,14,16,20-24H,6,9-13,15,17H2,1-5H3,(H,30,31,33)/t20-,21+,22+,23+,24-,28-,29-/m1/s1. The summed E-state index contributed by atoms with van der Waals surface area (Å²) in [5, 5.41) is 3.15. The van der Waals surface area contributed by atoms with E-state index in [0.717, 1.165) is 36.3 Å². The molecule has 0 spiro atoms. The molecule has 0 radical (unpaired) electrons. The Hall–Kier alpha value is -2.17. The summed E-state index contributed by atoms with van der Waals surface area (Å²) in [5.74, 6) is 3.46. The summed E-state index contributed by atoms with van der Waals surface area (Å²) in [7, 11) is 1.99.